The number of amides is 1. The quantitative estimate of drug-likeness (QED) is 0.811. The molecule has 2 atom stereocenters. The summed E-state index contributed by atoms with van der Waals surface area (Å²) in [5, 5.41) is 3.68. The van der Waals surface area contributed by atoms with Gasteiger partial charge in [-0.25, -0.2) is 0 Å². The van der Waals surface area contributed by atoms with E-state index in [0.29, 0.717) is 36.4 Å². The summed E-state index contributed by atoms with van der Waals surface area (Å²) in [5.41, 5.74) is 0. The average Bonchev–Trinajstić information content (AvgIpc) is 2.70. The second kappa shape index (κ2) is 9.09. The van der Waals surface area contributed by atoms with Crippen LogP contribution in [0.25, 0.3) is 0 Å². The second-order valence-corrected chi connectivity index (χ2v) is 7.75. The minimum absolute atomic E-state index is 0. The number of likely N-dealkylation sites (tertiary alicyclic amines) is 1. The molecule has 1 amide bonds. The molecule has 0 spiro atoms. The van der Waals surface area contributed by atoms with Gasteiger partial charge in [0.1, 0.15) is 0 Å². The van der Waals surface area contributed by atoms with E-state index in [1.807, 2.05) is 0 Å². The van der Waals surface area contributed by atoms with E-state index in [1.165, 1.54) is 19.3 Å². The zero-order valence-corrected chi connectivity index (χ0v) is 15.5. The molecule has 130 valence electrons. The van der Waals surface area contributed by atoms with Crippen LogP contribution < -0.4 is 5.32 Å². The molecule has 2 aliphatic rings. The summed E-state index contributed by atoms with van der Waals surface area (Å²) < 4.78 is 0. The lowest BCUT2D eigenvalue weighted by atomic mass is 10.1. The third-order valence-corrected chi connectivity index (χ3v) is 4.49. The van der Waals surface area contributed by atoms with Gasteiger partial charge in [-0.2, -0.15) is 0 Å². The molecular formula is C17H34ClN3O. The molecule has 4 nitrogen and oxygen atoms in total. The monoisotopic (exact) mass is 331 g/mol. The van der Waals surface area contributed by atoms with Crippen molar-refractivity contribution in [3.63, 3.8) is 0 Å². The van der Waals surface area contributed by atoms with Crippen LogP contribution in [0.15, 0.2) is 0 Å². The number of carbonyl (C=O) groups is 1. The van der Waals surface area contributed by atoms with E-state index < -0.39 is 0 Å². The molecule has 2 bridgehead atoms. The van der Waals surface area contributed by atoms with E-state index in [9.17, 15) is 4.79 Å². The fraction of sp³-hybridized carbons (Fsp3) is 0.941. The first kappa shape index (κ1) is 19.7. The maximum Gasteiger partial charge on any atom is 0.236 e. The van der Waals surface area contributed by atoms with Crippen molar-refractivity contribution in [3.05, 3.63) is 0 Å². The topological polar surface area (TPSA) is 35.6 Å². The zero-order chi connectivity index (χ0) is 15.4. The Bertz CT molecular complexity index is 339. The molecule has 0 aliphatic carbocycles. The van der Waals surface area contributed by atoms with Crippen molar-refractivity contribution < 1.29 is 4.79 Å². The summed E-state index contributed by atoms with van der Waals surface area (Å²) in [5.74, 6) is 1.39. The molecule has 0 aromatic carbocycles. The molecule has 0 aromatic heterocycles. The standard InChI is InChI=1S/C17H33N3O.ClH/c1-13(2)9-20(10-14(3)4)17(21)12-19-8-7-15-5-6-16(11-19)18-15;/h13-16,18H,5-12H2,1-4H3;1H. The predicted octanol–water partition coefficient (Wildman–Crippen LogP) is 2.38. The van der Waals surface area contributed by atoms with Gasteiger partial charge in [-0.15, -0.1) is 12.4 Å². The fourth-order valence-electron chi connectivity index (χ4n) is 3.61. The molecule has 2 heterocycles. The van der Waals surface area contributed by atoms with Crippen LogP contribution in [-0.4, -0.2) is 60.5 Å². The Morgan fingerprint density at radius 3 is 2.27 bits per heavy atom. The molecule has 1 N–H and O–H groups in total. The van der Waals surface area contributed by atoms with Gasteiger partial charge in [-0.05, 0) is 31.1 Å². The van der Waals surface area contributed by atoms with Crippen molar-refractivity contribution in [2.45, 2.75) is 59.0 Å². The first-order valence-corrected chi connectivity index (χ1v) is 8.70. The van der Waals surface area contributed by atoms with Gasteiger partial charge in [0.15, 0.2) is 0 Å². The molecule has 5 heteroatoms. The lowest BCUT2D eigenvalue weighted by Crippen LogP contribution is -2.45. The minimum Gasteiger partial charge on any atom is -0.341 e. The molecule has 22 heavy (non-hydrogen) atoms. The van der Waals surface area contributed by atoms with Crippen LogP contribution in [0.3, 0.4) is 0 Å². The summed E-state index contributed by atoms with van der Waals surface area (Å²) in [6.07, 6.45) is 3.79. The van der Waals surface area contributed by atoms with Gasteiger partial charge in [0.25, 0.3) is 0 Å². The highest BCUT2D eigenvalue weighted by Gasteiger charge is 2.30. The van der Waals surface area contributed by atoms with Crippen LogP contribution >= 0.6 is 12.4 Å². The smallest absolute Gasteiger partial charge is 0.236 e. The number of hydrogen-bond acceptors (Lipinski definition) is 3. The number of nitrogens with zero attached hydrogens (tertiary/aromatic N) is 2. The molecule has 2 fully saturated rings. The van der Waals surface area contributed by atoms with Crippen molar-refractivity contribution in [2.24, 2.45) is 11.8 Å². The Hall–Kier alpha value is -0.320. The van der Waals surface area contributed by atoms with E-state index >= 15 is 0 Å². The molecule has 0 saturated carbocycles. The van der Waals surface area contributed by atoms with Gasteiger partial charge in [0.2, 0.25) is 5.91 Å². The summed E-state index contributed by atoms with van der Waals surface area (Å²) in [6.45, 7) is 13.2. The SMILES string of the molecule is CC(C)CN(CC(C)C)C(=O)CN1CCC2CCC(C1)N2.Cl. The number of halogens is 1. The van der Waals surface area contributed by atoms with Gasteiger partial charge in [0.05, 0.1) is 6.54 Å². The van der Waals surface area contributed by atoms with Crippen molar-refractivity contribution in [3.8, 4) is 0 Å². The predicted molar refractivity (Wildman–Crippen MR) is 94.5 cm³/mol. The Morgan fingerprint density at radius 1 is 1.09 bits per heavy atom. The Kier molecular flexibility index (Phi) is 8.15. The number of carbonyl (C=O) groups excluding carboxylic acids is 1. The van der Waals surface area contributed by atoms with E-state index in [0.717, 1.165) is 26.2 Å². The molecule has 0 aromatic rings. The Labute approximate surface area is 142 Å². The second-order valence-electron chi connectivity index (χ2n) is 7.75. The third-order valence-electron chi connectivity index (χ3n) is 4.49. The molecule has 2 rings (SSSR count). The van der Waals surface area contributed by atoms with Gasteiger partial charge in [-0.1, -0.05) is 27.7 Å². The van der Waals surface area contributed by atoms with Gasteiger partial charge in [-0.3, -0.25) is 9.69 Å². The maximum absolute atomic E-state index is 12.7. The van der Waals surface area contributed by atoms with Crippen molar-refractivity contribution in [2.75, 3.05) is 32.7 Å². The lowest BCUT2D eigenvalue weighted by Gasteiger charge is -2.30. The summed E-state index contributed by atoms with van der Waals surface area (Å²) in [6, 6.07) is 1.30. The number of rotatable bonds is 6. The molecule has 2 unspecified atom stereocenters. The van der Waals surface area contributed by atoms with Crippen molar-refractivity contribution in [1.29, 1.82) is 0 Å². The highest BCUT2D eigenvalue weighted by Crippen LogP contribution is 2.20. The molecule has 2 saturated heterocycles. The Balaban J connectivity index is 0.00000242. The largest absolute Gasteiger partial charge is 0.341 e. The maximum atomic E-state index is 12.7. The van der Waals surface area contributed by atoms with Crippen LogP contribution in [0.5, 0.6) is 0 Å². The van der Waals surface area contributed by atoms with Crippen LogP contribution in [0.4, 0.5) is 0 Å². The van der Waals surface area contributed by atoms with E-state index in [2.05, 4.69) is 42.8 Å². The van der Waals surface area contributed by atoms with Crippen LogP contribution in [0, 0.1) is 11.8 Å². The first-order chi connectivity index (χ1) is 9.94. The lowest BCUT2D eigenvalue weighted by molar-refractivity contribution is -0.133. The van der Waals surface area contributed by atoms with Crippen LogP contribution in [-0.2, 0) is 4.79 Å². The third kappa shape index (κ3) is 6.05. The normalized spacial score (nSPS) is 25.2. The zero-order valence-electron chi connectivity index (χ0n) is 14.7. The Morgan fingerprint density at radius 2 is 1.68 bits per heavy atom. The minimum atomic E-state index is 0. The summed E-state index contributed by atoms with van der Waals surface area (Å²) in [4.78, 5) is 17.1. The summed E-state index contributed by atoms with van der Waals surface area (Å²) in [7, 11) is 0. The fourth-order valence-corrected chi connectivity index (χ4v) is 3.61. The molecule has 2 aliphatic heterocycles. The van der Waals surface area contributed by atoms with Gasteiger partial charge < -0.3 is 10.2 Å². The highest BCUT2D eigenvalue weighted by molar-refractivity contribution is 5.85. The average molecular weight is 332 g/mol. The highest BCUT2D eigenvalue weighted by atomic mass is 35.5. The van der Waals surface area contributed by atoms with Crippen molar-refractivity contribution in [1.82, 2.24) is 15.1 Å². The molecular weight excluding hydrogens is 298 g/mol. The molecule has 0 radical (unpaired) electrons. The van der Waals surface area contributed by atoms with Crippen LogP contribution in [0.1, 0.15) is 47.0 Å². The number of fused-ring (bicyclic) bond motifs is 2. The van der Waals surface area contributed by atoms with Gasteiger partial charge >= 0.3 is 0 Å². The van der Waals surface area contributed by atoms with Crippen LogP contribution in [0.2, 0.25) is 0 Å². The number of hydrogen-bond donors (Lipinski definition) is 1. The summed E-state index contributed by atoms with van der Waals surface area (Å²) >= 11 is 0. The van der Waals surface area contributed by atoms with E-state index in [1.54, 1.807) is 0 Å². The number of nitrogens with one attached hydrogen (secondary N) is 1. The van der Waals surface area contributed by atoms with E-state index in [4.69, 9.17) is 0 Å². The van der Waals surface area contributed by atoms with Crippen molar-refractivity contribution >= 4 is 18.3 Å². The first-order valence-electron chi connectivity index (χ1n) is 8.70. The van der Waals surface area contributed by atoms with E-state index in [-0.39, 0.29) is 12.4 Å². The van der Waals surface area contributed by atoms with Gasteiger partial charge in [0, 0.05) is 38.3 Å².